The van der Waals surface area contributed by atoms with Gasteiger partial charge >= 0.3 is 0 Å². The molecule has 21 heavy (non-hydrogen) atoms. The van der Waals surface area contributed by atoms with Gasteiger partial charge in [-0.3, -0.25) is 14.9 Å². The summed E-state index contributed by atoms with van der Waals surface area (Å²) in [6.07, 6.45) is 1.22. The number of hydrogen-bond donors (Lipinski definition) is 0. The molecule has 112 valence electrons. The van der Waals surface area contributed by atoms with E-state index in [2.05, 4.69) is 4.90 Å². The SMILES string of the molecule is C[C@@H]1CCN(C)c2ccccc2N1C(=O)[C@H]1C[C@@H]1[N+](=O)[O-]. The lowest BCUT2D eigenvalue weighted by atomic mass is 10.1. The number of para-hydroxylation sites is 2. The minimum Gasteiger partial charge on any atom is -0.373 e. The predicted octanol–water partition coefficient (Wildman–Crippen LogP) is 1.91. The molecule has 1 aromatic rings. The number of hydrogen-bond acceptors (Lipinski definition) is 4. The number of benzene rings is 1. The van der Waals surface area contributed by atoms with Gasteiger partial charge in [0.05, 0.1) is 11.4 Å². The van der Waals surface area contributed by atoms with Crippen LogP contribution in [0.15, 0.2) is 24.3 Å². The second-order valence-corrected chi connectivity index (χ2v) is 5.95. The van der Waals surface area contributed by atoms with Crippen molar-refractivity contribution in [2.24, 2.45) is 5.92 Å². The van der Waals surface area contributed by atoms with Crippen LogP contribution in [0.4, 0.5) is 11.4 Å². The molecule has 6 heteroatoms. The molecule has 0 spiro atoms. The van der Waals surface area contributed by atoms with Crippen molar-refractivity contribution in [2.45, 2.75) is 31.8 Å². The number of amides is 1. The van der Waals surface area contributed by atoms with E-state index in [1.807, 2.05) is 38.2 Å². The van der Waals surface area contributed by atoms with E-state index in [1.165, 1.54) is 0 Å². The monoisotopic (exact) mass is 289 g/mol. The van der Waals surface area contributed by atoms with Crippen LogP contribution in [0.25, 0.3) is 0 Å². The largest absolute Gasteiger partial charge is 0.373 e. The number of carbonyl (C=O) groups is 1. The van der Waals surface area contributed by atoms with Crippen LogP contribution in [0.3, 0.4) is 0 Å². The maximum absolute atomic E-state index is 12.7. The smallest absolute Gasteiger partial charge is 0.237 e. The van der Waals surface area contributed by atoms with Gasteiger partial charge in [-0.15, -0.1) is 0 Å². The molecule has 1 aliphatic heterocycles. The van der Waals surface area contributed by atoms with Crippen molar-refractivity contribution in [3.8, 4) is 0 Å². The van der Waals surface area contributed by atoms with E-state index in [9.17, 15) is 14.9 Å². The van der Waals surface area contributed by atoms with Crippen molar-refractivity contribution in [1.29, 1.82) is 0 Å². The molecule has 1 amide bonds. The Balaban J connectivity index is 1.94. The number of nitro groups is 1. The first-order chi connectivity index (χ1) is 10.0. The summed E-state index contributed by atoms with van der Waals surface area (Å²) in [5.41, 5.74) is 1.87. The Hall–Kier alpha value is -2.11. The van der Waals surface area contributed by atoms with Crippen LogP contribution >= 0.6 is 0 Å². The van der Waals surface area contributed by atoms with Gasteiger partial charge in [-0.25, -0.2) is 0 Å². The van der Waals surface area contributed by atoms with E-state index in [-0.39, 0.29) is 16.9 Å². The molecule has 1 fully saturated rings. The number of fused-ring (bicyclic) bond motifs is 1. The van der Waals surface area contributed by atoms with E-state index in [1.54, 1.807) is 4.90 Å². The lowest BCUT2D eigenvalue weighted by molar-refractivity contribution is -0.497. The second kappa shape index (κ2) is 5.02. The Kier molecular flexibility index (Phi) is 3.31. The van der Waals surface area contributed by atoms with Gasteiger partial charge in [-0.2, -0.15) is 0 Å². The molecule has 3 atom stereocenters. The summed E-state index contributed by atoms with van der Waals surface area (Å²) in [7, 11) is 2.01. The Morgan fingerprint density at radius 1 is 1.33 bits per heavy atom. The first-order valence-corrected chi connectivity index (χ1v) is 7.27. The van der Waals surface area contributed by atoms with Gasteiger partial charge < -0.3 is 9.80 Å². The normalized spacial score (nSPS) is 27.8. The predicted molar refractivity (Wildman–Crippen MR) is 80.2 cm³/mol. The lowest BCUT2D eigenvalue weighted by Crippen LogP contribution is -2.40. The minimum absolute atomic E-state index is 0.0524. The molecular formula is C15H19N3O3. The maximum Gasteiger partial charge on any atom is 0.237 e. The van der Waals surface area contributed by atoms with Crippen molar-refractivity contribution in [2.75, 3.05) is 23.4 Å². The molecule has 3 rings (SSSR count). The number of nitrogens with zero attached hydrogens (tertiary/aromatic N) is 3. The number of carbonyl (C=O) groups excluding carboxylic acids is 1. The van der Waals surface area contributed by atoms with Crippen LogP contribution in [0.5, 0.6) is 0 Å². The fourth-order valence-electron chi connectivity index (χ4n) is 3.05. The minimum atomic E-state index is -0.696. The molecular weight excluding hydrogens is 270 g/mol. The third-order valence-electron chi connectivity index (χ3n) is 4.46. The standard InChI is InChI=1S/C15H19N3O3/c1-10-7-8-16(2)12-5-3-4-6-13(12)17(10)15(19)11-9-14(11)18(20)21/h3-6,10-11,14H,7-9H2,1-2H3/t10-,11+,14+/m1/s1. The van der Waals surface area contributed by atoms with E-state index >= 15 is 0 Å². The summed E-state index contributed by atoms with van der Waals surface area (Å²) >= 11 is 0. The highest BCUT2D eigenvalue weighted by Gasteiger charge is 2.55. The third kappa shape index (κ3) is 2.34. The highest BCUT2D eigenvalue weighted by molar-refractivity contribution is 6.00. The fourth-order valence-corrected chi connectivity index (χ4v) is 3.05. The van der Waals surface area contributed by atoms with Crippen LogP contribution in [-0.2, 0) is 4.79 Å². The van der Waals surface area contributed by atoms with Crippen molar-refractivity contribution in [1.82, 2.24) is 0 Å². The first-order valence-electron chi connectivity index (χ1n) is 7.27. The Labute approximate surface area is 123 Å². The molecule has 0 bridgehead atoms. The summed E-state index contributed by atoms with van der Waals surface area (Å²) in [4.78, 5) is 27.1. The molecule has 1 aliphatic carbocycles. The van der Waals surface area contributed by atoms with Crippen molar-refractivity contribution >= 4 is 17.3 Å². The van der Waals surface area contributed by atoms with Gasteiger partial charge in [0.2, 0.25) is 11.9 Å². The third-order valence-corrected chi connectivity index (χ3v) is 4.46. The van der Waals surface area contributed by atoms with Crippen LogP contribution < -0.4 is 9.80 Å². The van der Waals surface area contributed by atoms with Gasteiger partial charge in [-0.1, -0.05) is 12.1 Å². The molecule has 0 N–H and O–H groups in total. The lowest BCUT2D eigenvalue weighted by Gasteiger charge is -2.28. The van der Waals surface area contributed by atoms with E-state index in [0.29, 0.717) is 6.42 Å². The molecule has 1 heterocycles. The van der Waals surface area contributed by atoms with Gasteiger partial charge in [0.15, 0.2) is 0 Å². The Morgan fingerprint density at radius 2 is 2.00 bits per heavy atom. The molecule has 1 aromatic carbocycles. The van der Waals surface area contributed by atoms with Crippen LogP contribution in [0.1, 0.15) is 19.8 Å². The summed E-state index contributed by atoms with van der Waals surface area (Å²) in [6.45, 7) is 2.88. The van der Waals surface area contributed by atoms with Gasteiger partial charge in [0.25, 0.3) is 0 Å². The highest BCUT2D eigenvalue weighted by Crippen LogP contribution is 2.40. The zero-order chi connectivity index (χ0) is 15.1. The van der Waals surface area contributed by atoms with Gasteiger partial charge in [0, 0.05) is 31.0 Å². The van der Waals surface area contributed by atoms with Crippen molar-refractivity contribution < 1.29 is 9.72 Å². The van der Waals surface area contributed by atoms with E-state index < -0.39 is 12.0 Å². The number of anilines is 2. The Bertz CT molecular complexity index is 589. The zero-order valence-electron chi connectivity index (χ0n) is 12.2. The summed E-state index contributed by atoms with van der Waals surface area (Å²) in [6, 6.07) is 7.13. The molecule has 6 nitrogen and oxygen atoms in total. The van der Waals surface area contributed by atoms with Crippen LogP contribution in [-0.4, -0.2) is 36.5 Å². The fraction of sp³-hybridized carbons (Fsp3) is 0.533. The average molecular weight is 289 g/mol. The number of rotatable bonds is 2. The first kappa shape index (κ1) is 13.9. The molecule has 0 unspecified atom stereocenters. The zero-order valence-corrected chi connectivity index (χ0v) is 12.2. The van der Waals surface area contributed by atoms with Gasteiger partial charge in [0.1, 0.15) is 5.92 Å². The van der Waals surface area contributed by atoms with Crippen molar-refractivity contribution in [3.63, 3.8) is 0 Å². The molecule has 0 saturated heterocycles. The van der Waals surface area contributed by atoms with E-state index in [0.717, 1.165) is 24.3 Å². The second-order valence-electron chi connectivity index (χ2n) is 5.95. The summed E-state index contributed by atoms with van der Waals surface area (Å²) < 4.78 is 0. The molecule has 1 saturated carbocycles. The van der Waals surface area contributed by atoms with Gasteiger partial charge in [-0.05, 0) is 25.5 Å². The molecule has 0 radical (unpaired) electrons. The van der Waals surface area contributed by atoms with Crippen molar-refractivity contribution in [3.05, 3.63) is 34.4 Å². The summed E-state index contributed by atoms with van der Waals surface area (Å²) in [5, 5.41) is 10.8. The van der Waals surface area contributed by atoms with Crippen LogP contribution in [0, 0.1) is 16.0 Å². The molecule has 2 aliphatic rings. The Morgan fingerprint density at radius 3 is 2.62 bits per heavy atom. The quantitative estimate of drug-likeness (QED) is 0.616. The topological polar surface area (TPSA) is 66.7 Å². The van der Waals surface area contributed by atoms with Crippen LogP contribution in [0.2, 0.25) is 0 Å². The maximum atomic E-state index is 12.7. The molecule has 0 aromatic heterocycles. The summed E-state index contributed by atoms with van der Waals surface area (Å²) in [5.74, 6) is -0.564. The van der Waals surface area contributed by atoms with E-state index in [4.69, 9.17) is 0 Å². The average Bonchev–Trinajstić information content (AvgIpc) is 3.26. The highest BCUT2D eigenvalue weighted by atomic mass is 16.6.